The normalized spacial score (nSPS) is 11.0. The lowest BCUT2D eigenvalue weighted by molar-refractivity contribution is 0.471. The van der Waals surface area contributed by atoms with E-state index in [4.69, 9.17) is 0 Å². The lowest BCUT2D eigenvalue weighted by Gasteiger charge is -2.15. The number of hydrogen-bond acceptors (Lipinski definition) is 2. The Morgan fingerprint density at radius 1 is 1.00 bits per heavy atom. The van der Waals surface area contributed by atoms with Crippen LogP contribution in [0.3, 0.4) is 0 Å². The molecule has 2 aromatic carbocycles. The standard InChI is InChI=1S/C19H19NO2/c1-2-3-11-16-18(21)15-12-7-8-13-17(15)20(19(16)22)14-9-5-4-6-10-14/h4-10,12-13,21H,2-3,11H2,1H3. The first-order chi connectivity index (χ1) is 10.7. The van der Waals surface area contributed by atoms with Crippen LogP contribution in [0.25, 0.3) is 16.6 Å². The van der Waals surface area contributed by atoms with E-state index in [1.54, 1.807) is 4.57 Å². The minimum absolute atomic E-state index is 0.126. The predicted octanol–water partition coefficient (Wildman–Crippen LogP) is 4.04. The number of pyridine rings is 1. The molecule has 0 bridgehead atoms. The van der Waals surface area contributed by atoms with Crippen LogP contribution < -0.4 is 5.56 Å². The minimum Gasteiger partial charge on any atom is -0.507 e. The van der Waals surface area contributed by atoms with Gasteiger partial charge in [0, 0.05) is 11.1 Å². The van der Waals surface area contributed by atoms with Crippen LogP contribution in [0.5, 0.6) is 5.75 Å². The van der Waals surface area contributed by atoms with Gasteiger partial charge in [0.1, 0.15) is 5.75 Å². The number of unbranched alkanes of at least 4 members (excludes halogenated alkanes) is 1. The van der Waals surface area contributed by atoms with E-state index in [0.717, 1.165) is 29.4 Å². The molecular formula is C19H19NO2. The van der Waals surface area contributed by atoms with Crippen molar-refractivity contribution >= 4 is 10.9 Å². The highest BCUT2D eigenvalue weighted by Gasteiger charge is 2.16. The first kappa shape index (κ1) is 14.4. The molecule has 3 rings (SSSR count). The first-order valence-corrected chi connectivity index (χ1v) is 7.65. The fourth-order valence-electron chi connectivity index (χ4n) is 2.79. The van der Waals surface area contributed by atoms with Gasteiger partial charge in [0.05, 0.1) is 11.1 Å². The van der Waals surface area contributed by atoms with Crippen molar-refractivity contribution < 1.29 is 5.11 Å². The Morgan fingerprint density at radius 3 is 2.41 bits per heavy atom. The van der Waals surface area contributed by atoms with E-state index >= 15 is 0 Å². The predicted molar refractivity (Wildman–Crippen MR) is 89.8 cm³/mol. The third-order valence-corrected chi connectivity index (χ3v) is 3.94. The Labute approximate surface area is 129 Å². The van der Waals surface area contributed by atoms with Crippen molar-refractivity contribution in [2.24, 2.45) is 0 Å². The maximum absolute atomic E-state index is 12.9. The first-order valence-electron chi connectivity index (χ1n) is 7.65. The van der Waals surface area contributed by atoms with Gasteiger partial charge in [-0.15, -0.1) is 0 Å². The molecule has 1 aromatic heterocycles. The van der Waals surface area contributed by atoms with Gasteiger partial charge in [0.25, 0.3) is 5.56 Å². The molecule has 1 heterocycles. The zero-order valence-electron chi connectivity index (χ0n) is 12.6. The fraction of sp³-hybridized carbons (Fsp3) is 0.211. The highest BCUT2D eigenvalue weighted by molar-refractivity contribution is 5.87. The van der Waals surface area contributed by atoms with Gasteiger partial charge < -0.3 is 5.11 Å². The SMILES string of the molecule is CCCCc1c(O)c2ccccc2n(-c2ccccc2)c1=O. The summed E-state index contributed by atoms with van der Waals surface area (Å²) < 4.78 is 1.69. The third-order valence-electron chi connectivity index (χ3n) is 3.94. The molecule has 0 saturated heterocycles. The van der Waals surface area contributed by atoms with E-state index in [9.17, 15) is 9.90 Å². The molecule has 22 heavy (non-hydrogen) atoms. The molecular weight excluding hydrogens is 274 g/mol. The van der Waals surface area contributed by atoms with Gasteiger partial charge in [-0.1, -0.05) is 43.7 Å². The minimum atomic E-state index is -0.129. The number of benzene rings is 2. The Hall–Kier alpha value is -2.55. The molecule has 0 radical (unpaired) electrons. The Bertz CT molecular complexity index is 850. The number of hydrogen-bond donors (Lipinski definition) is 1. The van der Waals surface area contributed by atoms with Crippen LogP contribution in [-0.4, -0.2) is 9.67 Å². The topological polar surface area (TPSA) is 42.2 Å². The number of nitrogens with zero attached hydrogens (tertiary/aromatic N) is 1. The highest BCUT2D eigenvalue weighted by atomic mass is 16.3. The molecule has 0 aliphatic heterocycles. The van der Waals surface area contributed by atoms with Gasteiger partial charge in [0.15, 0.2) is 0 Å². The van der Waals surface area contributed by atoms with E-state index in [1.165, 1.54) is 0 Å². The summed E-state index contributed by atoms with van der Waals surface area (Å²) >= 11 is 0. The van der Waals surface area contributed by atoms with E-state index in [-0.39, 0.29) is 11.3 Å². The van der Waals surface area contributed by atoms with Gasteiger partial charge in [-0.3, -0.25) is 9.36 Å². The molecule has 1 N–H and O–H groups in total. The van der Waals surface area contributed by atoms with Crippen LogP contribution in [0.1, 0.15) is 25.3 Å². The van der Waals surface area contributed by atoms with Crippen molar-refractivity contribution in [3.05, 3.63) is 70.5 Å². The van der Waals surface area contributed by atoms with Gasteiger partial charge >= 0.3 is 0 Å². The molecule has 0 unspecified atom stereocenters. The van der Waals surface area contributed by atoms with Crippen LogP contribution in [0.2, 0.25) is 0 Å². The largest absolute Gasteiger partial charge is 0.507 e. The molecule has 0 atom stereocenters. The van der Waals surface area contributed by atoms with Gasteiger partial charge in [-0.25, -0.2) is 0 Å². The second-order valence-electron chi connectivity index (χ2n) is 5.42. The molecule has 0 saturated carbocycles. The quantitative estimate of drug-likeness (QED) is 0.789. The zero-order chi connectivity index (χ0) is 15.5. The van der Waals surface area contributed by atoms with E-state index in [0.29, 0.717) is 12.0 Å². The van der Waals surface area contributed by atoms with Crippen molar-refractivity contribution in [1.82, 2.24) is 4.57 Å². The van der Waals surface area contributed by atoms with Crippen molar-refractivity contribution in [2.75, 3.05) is 0 Å². The van der Waals surface area contributed by atoms with Crippen LogP contribution in [0.15, 0.2) is 59.4 Å². The maximum Gasteiger partial charge on any atom is 0.262 e. The van der Waals surface area contributed by atoms with E-state index in [1.807, 2.05) is 54.6 Å². The number of aromatic nitrogens is 1. The lowest BCUT2D eigenvalue weighted by atomic mass is 10.0. The van der Waals surface area contributed by atoms with E-state index in [2.05, 4.69) is 6.92 Å². The molecule has 112 valence electrons. The number of rotatable bonds is 4. The van der Waals surface area contributed by atoms with Crippen LogP contribution in [0.4, 0.5) is 0 Å². The van der Waals surface area contributed by atoms with Gasteiger partial charge in [-0.05, 0) is 37.1 Å². The fourth-order valence-corrected chi connectivity index (χ4v) is 2.79. The molecule has 0 aliphatic carbocycles. The molecule has 0 spiro atoms. The summed E-state index contributed by atoms with van der Waals surface area (Å²) in [6.45, 7) is 2.08. The van der Waals surface area contributed by atoms with Gasteiger partial charge in [0.2, 0.25) is 0 Å². The molecule has 3 nitrogen and oxygen atoms in total. The summed E-state index contributed by atoms with van der Waals surface area (Å²) in [5, 5.41) is 11.2. The van der Waals surface area contributed by atoms with Crippen LogP contribution in [-0.2, 0) is 6.42 Å². The Kier molecular flexibility index (Phi) is 3.96. The molecule has 0 aliphatic rings. The molecule has 3 aromatic rings. The average Bonchev–Trinajstić information content (AvgIpc) is 2.56. The summed E-state index contributed by atoms with van der Waals surface area (Å²) in [6.07, 6.45) is 2.46. The zero-order valence-corrected chi connectivity index (χ0v) is 12.6. The number of para-hydroxylation sites is 2. The Morgan fingerprint density at radius 2 is 1.68 bits per heavy atom. The smallest absolute Gasteiger partial charge is 0.262 e. The molecule has 3 heteroatoms. The summed E-state index contributed by atoms with van der Waals surface area (Å²) in [6, 6.07) is 17.1. The van der Waals surface area contributed by atoms with Crippen molar-refractivity contribution in [3.63, 3.8) is 0 Å². The third kappa shape index (κ3) is 2.39. The summed E-state index contributed by atoms with van der Waals surface area (Å²) in [5.41, 5.74) is 1.93. The maximum atomic E-state index is 12.9. The summed E-state index contributed by atoms with van der Waals surface area (Å²) in [5.74, 6) is 0.126. The van der Waals surface area contributed by atoms with Crippen molar-refractivity contribution in [1.29, 1.82) is 0 Å². The molecule has 0 amide bonds. The number of fused-ring (bicyclic) bond motifs is 1. The second-order valence-corrected chi connectivity index (χ2v) is 5.42. The van der Waals surface area contributed by atoms with Crippen LogP contribution >= 0.6 is 0 Å². The van der Waals surface area contributed by atoms with Crippen LogP contribution in [0, 0.1) is 0 Å². The number of aromatic hydroxyl groups is 1. The second kappa shape index (κ2) is 6.06. The Balaban J connectivity index is 2.37. The van der Waals surface area contributed by atoms with E-state index < -0.39 is 0 Å². The monoisotopic (exact) mass is 293 g/mol. The van der Waals surface area contributed by atoms with Gasteiger partial charge in [-0.2, -0.15) is 0 Å². The van der Waals surface area contributed by atoms with Crippen molar-refractivity contribution in [3.8, 4) is 11.4 Å². The summed E-state index contributed by atoms with van der Waals surface area (Å²) in [4.78, 5) is 12.9. The average molecular weight is 293 g/mol. The lowest BCUT2D eigenvalue weighted by Crippen LogP contribution is -2.23. The summed E-state index contributed by atoms with van der Waals surface area (Å²) in [7, 11) is 0. The molecule has 0 fully saturated rings. The highest BCUT2D eigenvalue weighted by Crippen LogP contribution is 2.28. The van der Waals surface area contributed by atoms with Crippen molar-refractivity contribution in [2.45, 2.75) is 26.2 Å².